The molecule has 1 aliphatic rings. The fourth-order valence-corrected chi connectivity index (χ4v) is 3.56. The van der Waals surface area contributed by atoms with Crippen LogP contribution in [0.1, 0.15) is 44.2 Å². The average Bonchev–Trinajstić information content (AvgIpc) is 2.98. The summed E-state index contributed by atoms with van der Waals surface area (Å²) in [5.41, 5.74) is 4.15. The standard InChI is InChI=1S/C25H27N3O4/c1-3-5-10-17-15-26-23-18-11-6-8-13-20(18)28-24(32-25(23)27-17)19-12-7-9-14-21(19)31-16-22(29)30-4-2/h6-9,11-15,24,28H,3-5,10,16H2,1-2H3. The van der Waals surface area contributed by atoms with Crippen molar-refractivity contribution in [2.45, 2.75) is 39.3 Å². The van der Waals surface area contributed by atoms with Gasteiger partial charge in [-0.05, 0) is 38.0 Å². The molecular weight excluding hydrogens is 406 g/mol. The molecule has 2 aromatic carbocycles. The predicted molar refractivity (Wildman–Crippen MR) is 122 cm³/mol. The maximum Gasteiger partial charge on any atom is 0.344 e. The van der Waals surface area contributed by atoms with Crippen molar-refractivity contribution in [3.05, 3.63) is 66.0 Å². The van der Waals surface area contributed by atoms with Gasteiger partial charge in [0.25, 0.3) is 0 Å². The van der Waals surface area contributed by atoms with Crippen LogP contribution in [0, 0.1) is 0 Å². The Morgan fingerprint density at radius 3 is 2.78 bits per heavy atom. The number of aryl methyl sites for hydroxylation is 1. The number of benzene rings is 2. The highest BCUT2D eigenvalue weighted by Gasteiger charge is 2.27. The smallest absolute Gasteiger partial charge is 0.344 e. The van der Waals surface area contributed by atoms with Crippen molar-refractivity contribution in [1.82, 2.24) is 9.97 Å². The molecule has 1 aliphatic heterocycles. The largest absolute Gasteiger partial charge is 0.481 e. The zero-order valence-corrected chi connectivity index (χ0v) is 18.3. The van der Waals surface area contributed by atoms with Gasteiger partial charge in [-0.3, -0.25) is 0 Å². The van der Waals surface area contributed by atoms with Crippen LogP contribution in [0.5, 0.6) is 11.6 Å². The molecule has 3 aromatic rings. The van der Waals surface area contributed by atoms with E-state index in [0.29, 0.717) is 23.9 Å². The van der Waals surface area contributed by atoms with E-state index in [0.717, 1.165) is 41.8 Å². The molecular formula is C25H27N3O4. The molecule has 1 atom stereocenters. The lowest BCUT2D eigenvalue weighted by Crippen LogP contribution is -2.20. The Kier molecular flexibility index (Phi) is 6.84. The van der Waals surface area contributed by atoms with E-state index >= 15 is 0 Å². The Morgan fingerprint density at radius 2 is 1.94 bits per heavy atom. The first-order valence-corrected chi connectivity index (χ1v) is 11.0. The highest BCUT2D eigenvalue weighted by atomic mass is 16.6. The maximum absolute atomic E-state index is 11.8. The summed E-state index contributed by atoms with van der Waals surface area (Å²) in [6, 6.07) is 15.4. The zero-order chi connectivity index (χ0) is 22.3. The van der Waals surface area contributed by atoms with Crippen molar-refractivity contribution < 1.29 is 19.0 Å². The van der Waals surface area contributed by atoms with E-state index < -0.39 is 12.2 Å². The second-order valence-electron chi connectivity index (χ2n) is 7.44. The lowest BCUT2D eigenvalue weighted by Gasteiger charge is -2.22. The van der Waals surface area contributed by atoms with Crippen LogP contribution in [0.25, 0.3) is 11.3 Å². The molecule has 0 saturated carbocycles. The van der Waals surface area contributed by atoms with E-state index in [1.807, 2.05) is 48.7 Å². The molecule has 1 N–H and O–H groups in total. The minimum absolute atomic E-state index is 0.175. The van der Waals surface area contributed by atoms with Crippen LogP contribution < -0.4 is 14.8 Å². The number of nitrogens with one attached hydrogen (secondary N) is 1. The number of para-hydroxylation sites is 2. The number of hydrogen-bond acceptors (Lipinski definition) is 7. The van der Waals surface area contributed by atoms with Gasteiger partial charge in [-0.15, -0.1) is 0 Å². The Balaban J connectivity index is 1.69. The van der Waals surface area contributed by atoms with Crippen LogP contribution in [0.15, 0.2) is 54.7 Å². The highest BCUT2D eigenvalue weighted by molar-refractivity contribution is 5.79. The van der Waals surface area contributed by atoms with Gasteiger partial charge >= 0.3 is 5.97 Å². The van der Waals surface area contributed by atoms with Gasteiger partial charge in [0.05, 0.1) is 17.9 Å². The summed E-state index contributed by atoms with van der Waals surface area (Å²) in [5, 5.41) is 3.44. The molecule has 32 heavy (non-hydrogen) atoms. The zero-order valence-electron chi connectivity index (χ0n) is 18.3. The molecule has 2 heterocycles. The average molecular weight is 434 g/mol. The number of unbranched alkanes of at least 4 members (excludes halogenated alkanes) is 1. The molecule has 0 fully saturated rings. The summed E-state index contributed by atoms with van der Waals surface area (Å²) in [7, 11) is 0. The van der Waals surface area contributed by atoms with Crippen molar-refractivity contribution in [3.63, 3.8) is 0 Å². The van der Waals surface area contributed by atoms with Gasteiger partial charge < -0.3 is 19.5 Å². The van der Waals surface area contributed by atoms with E-state index in [4.69, 9.17) is 19.2 Å². The summed E-state index contributed by atoms with van der Waals surface area (Å²) in [6.45, 7) is 4.05. The lowest BCUT2D eigenvalue weighted by atomic mass is 10.1. The predicted octanol–water partition coefficient (Wildman–Crippen LogP) is 4.93. The van der Waals surface area contributed by atoms with Crippen LogP contribution in [0.4, 0.5) is 5.69 Å². The Labute approximate surface area is 187 Å². The van der Waals surface area contributed by atoms with Gasteiger partial charge in [-0.25, -0.2) is 14.8 Å². The Morgan fingerprint density at radius 1 is 1.12 bits per heavy atom. The van der Waals surface area contributed by atoms with Crippen molar-refractivity contribution in [2.24, 2.45) is 0 Å². The van der Waals surface area contributed by atoms with E-state index in [-0.39, 0.29) is 6.61 Å². The van der Waals surface area contributed by atoms with Crippen LogP contribution in [-0.2, 0) is 16.0 Å². The molecule has 0 saturated heterocycles. The number of esters is 1. The number of hydrogen-bond donors (Lipinski definition) is 1. The first-order chi connectivity index (χ1) is 15.7. The van der Waals surface area contributed by atoms with Gasteiger partial charge in [-0.1, -0.05) is 43.7 Å². The SMILES string of the molecule is CCCCc1cnc2c(n1)OC(c1ccccc1OCC(=O)OCC)Nc1ccccc1-2. The number of aromatic nitrogens is 2. The van der Waals surface area contributed by atoms with Gasteiger partial charge in [-0.2, -0.15) is 0 Å². The molecule has 0 spiro atoms. The number of ether oxygens (including phenoxy) is 3. The van der Waals surface area contributed by atoms with Crippen LogP contribution in [-0.4, -0.2) is 29.2 Å². The summed E-state index contributed by atoms with van der Waals surface area (Å²) >= 11 is 0. The van der Waals surface area contributed by atoms with Crippen LogP contribution in [0.3, 0.4) is 0 Å². The van der Waals surface area contributed by atoms with E-state index in [2.05, 4.69) is 17.2 Å². The Hall–Kier alpha value is -3.61. The van der Waals surface area contributed by atoms with E-state index in [1.165, 1.54) is 0 Å². The quantitative estimate of drug-likeness (QED) is 0.504. The molecule has 7 nitrogen and oxygen atoms in total. The number of carbonyl (C=O) groups is 1. The summed E-state index contributed by atoms with van der Waals surface area (Å²) in [5.74, 6) is 0.592. The highest BCUT2D eigenvalue weighted by Crippen LogP contribution is 2.40. The molecule has 166 valence electrons. The fourth-order valence-electron chi connectivity index (χ4n) is 3.56. The fraction of sp³-hybridized carbons (Fsp3) is 0.320. The minimum atomic E-state index is -0.577. The molecule has 1 unspecified atom stereocenters. The van der Waals surface area contributed by atoms with Crippen molar-refractivity contribution in [1.29, 1.82) is 0 Å². The van der Waals surface area contributed by atoms with Gasteiger partial charge in [0.2, 0.25) is 12.1 Å². The van der Waals surface area contributed by atoms with Crippen molar-refractivity contribution >= 4 is 11.7 Å². The number of carbonyl (C=O) groups excluding carboxylic acids is 1. The second kappa shape index (κ2) is 10.1. The number of nitrogens with zero attached hydrogens (tertiary/aromatic N) is 2. The Bertz CT molecular complexity index is 1090. The molecule has 1 aromatic heterocycles. The number of rotatable bonds is 8. The maximum atomic E-state index is 11.8. The molecule has 0 aliphatic carbocycles. The van der Waals surface area contributed by atoms with Crippen LogP contribution in [0.2, 0.25) is 0 Å². The van der Waals surface area contributed by atoms with E-state index in [1.54, 1.807) is 13.0 Å². The van der Waals surface area contributed by atoms with E-state index in [9.17, 15) is 4.79 Å². The summed E-state index contributed by atoms with van der Waals surface area (Å²) < 4.78 is 17.1. The van der Waals surface area contributed by atoms with Crippen molar-refractivity contribution in [2.75, 3.05) is 18.5 Å². The molecule has 4 rings (SSSR count). The third-order valence-corrected chi connectivity index (χ3v) is 5.13. The third kappa shape index (κ3) is 4.82. The molecule has 0 bridgehead atoms. The van der Waals surface area contributed by atoms with Gasteiger partial charge in [0.15, 0.2) is 6.61 Å². The first-order valence-electron chi connectivity index (χ1n) is 11.0. The number of anilines is 1. The lowest BCUT2D eigenvalue weighted by molar-refractivity contribution is -0.145. The topological polar surface area (TPSA) is 82.6 Å². The van der Waals surface area contributed by atoms with Crippen molar-refractivity contribution in [3.8, 4) is 22.9 Å². The minimum Gasteiger partial charge on any atom is -0.481 e. The normalized spacial score (nSPS) is 14.2. The van der Waals surface area contributed by atoms with Gasteiger partial charge in [0, 0.05) is 17.4 Å². The monoisotopic (exact) mass is 433 g/mol. The second-order valence-corrected chi connectivity index (χ2v) is 7.44. The number of fused-ring (bicyclic) bond motifs is 3. The van der Waals surface area contributed by atoms with Gasteiger partial charge in [0.1, 0.15) is 11.4 Å². The summed E-state index contributed by atoms with van der Waals surface area (Å²) in [6.07, 6.45) is 4.21. The summed E-state index contributed by atoms with van der Waals surface area (Å²) in [4.78, 5) is 21.3. The third-order valence-electron chi connectivity index (χ3n) is 5.13. The molecule has 7 heteroatoms. The first kappa shape index (κ1) is 21.6. The molecule has 0 radical (unpaired) electrons. The van der Waals surface area contributed by atoms with Crippen LogP contribution >= 0.6 is 0 Å². The molecule has 0 amide bonds.